The zero-order valence-corrected chi connectivity index (χ0v) is 19.5. The number of allylic oxidation sites excluding steroid dienone is 1. The summed E-state index contributed by atoms with van der Waals surface area (Å²) in [5.41, 5.74) is 3.11. The molecule has 4 aromatic rings. The van der Waals surface area contributed by atoms with Crippen LogP contribution >= 0.6 is 15.9 Å². The van der Waals surface area contributed by atoms with Crippen molar-refractivity contribution in [3.8, 4) is 11.5 Å². The Morgan fingerprint density at radius 2 is 1.79 bits per heavy atom. The van der Waals surface area contributed by atoms with Crippen LogP contribution in [0.15, 0.2) is 81.4 Å². The second kappa shape index (κ2) is 8.37. The van der Waals surface area contributed by atoms with E-state index in [-0.39, 0.29) is 23.1 Å². The molecule has 164 valence electrons. The molecule has 0 N–H and O–H groups in total. The standard InChI is InChI=1S/C27H19BrO5/c1-15(2)17-5-3-16(4-6-17)11-24-26(29)21-9-8-20(14-23(21)33-24)31-27(30)25-13-18-12-19(28)7-10-22(18)32-25/h3-15H,1-2H3/b24-11-. The third kappa shape index (κ3) is 4.22. The highest BCUT2D eigenvalue weighted by Crippen LogP contribution is 2.35. The highest BCUT2D eigenvalue weighted by Gasteiger charge is 2.28. The van der Waals surface area contributed by atoms with Gasteiger partial charge in [0.25, 0.3) is 0 Å². The summed E-state index contributed by atoms with van der Waals surface area (Å²) in [6, 6.07) is 19.8. The number of Topliss-reactive ketones (excluding diaryl/α,β-unsaturated/α-hetero) is 1. The zero-order valence-electron chi connectivity index (χ0n) is 17.9. The maximum atomic E-state index is 12.7. The van der Waals surface area contributed by atoms with Crippen LogP contribution in [0, 0.1) is 0 Å². The third-order valence-electron chi connectivity index (χ3n) is 5.43. The van der Waals surface area contributed by atoms with Gasteiger partial charge in [-0.1, -0.05) is 54.0 Å². The summed E-state index contributed by atoms with van der Waals surface area (Å²) in [6.45, 7) is 4.26. The first kappa shape index (κ1) is 21.2. The van der Waals surface area contributed by atoms with Gasteiger partial charge in [0, 0.05) is 15.9 Å². The van der Waals surface area contributed by atoms with Crippen molar-refractivity contribution < 1.29 is 23.5 Å². The van der Waals surface area contributed by atoms with Crippen molar-refractivity contribution >= 4 is 44.7 Å². The molecule has 5 rings (SSSR count). The second-order valence-corrected chi connectivity index (χ2v) is 9.02. The first-order valence-electron chi connectivity index (χ1n) is 10.5. The molecular weight excluding hydrogens is 484 g/mol. The van der Waals surface area contributed by atoms with E-state index in [2.05, 4.69) is 29.8 Å². The van der Waals surface area contributed by atoms with Gasteiger partial charge in [-0.15, -0.1) is 0 Å². The van der Waals surface area contributed by atoms with E-state index in [9.17, 15) is 9.59 Å². The molecule has 0 amide bonds. The van der Waals surface area contributed by atoms with E-state index in [1.807, 2.05) is 36.4 Å². The van der Waals surface area contributed by atoms with Gasteiger partial charge < -0.3 is 13.9 Å². The van der Waals surface area contributed by atoms with Gasteiger partial charge in [-0.3, -0.25) is 4.79 Å². The number of benzene rings is 3. The second-order valence-electron chi connectivity index (χ2n) is 8.10. The molecule has 0 saturated carbocycles. The van der Waals surface area contributed by atoms with E-state index in [4.69, 9.17) is 13.9 Å². The SMILES string of the molecule is CC(C)c1ccc(/C=C2\Oc3cc(OC(=O)c4cc5cc(Br)ccc5o4)ccc3C2=O)cc1. The molecule has 0 aliphatic carbocycles. The van der Waals surface area contributed by atoms with Gasteiger partial charge in [0.1, 0.15) is 17.1 Å². The molecule has 5 nitrogen and oxygen atoms in total. The van der Waals surface area contributed by atoms with Gasteiger partial charge in [-0.25, -0.2) is 4.79 Å². The molecule has 0 spiro atoms. The van der Waals surface area contributed by atoms with Crippen molar-refractivity contribution in [2.75, 3.05) is 0 Å². The summed E-state index contributed by atoms with van der Waals surface area (Å²) >= 11 is 3.40. The third-order valence-corrected chi connectivity index (χ3v) is 5.93. The lowest BCUT2D eigenvalue weighted by Crippen LogP contribution is -2.07. The van der Waals surface area contributed by atoms with Gasteiger partial charge in [0.2, 0.25) is 11.5 Å². The van der Waals surface area contributed by atoms with Crippen LogP contribution in [-0.2, 0) is 0 Å². The number of ketones is 1. The Hall–Kier alpha value is -3.64. The monoisotopic (exact) mass is 502 g/mol. The molecule has 2 heterocycles. The van der Waals surface area contributed by atoms with Crippen molar-refractivity contribution in [1.82, 2.24) is 0 Å². The average molecular weight is 503 g/mol. The van der Waals surface area contributed by atoms with E-state index in [1.165, 1.54) is 11.6 Å². The predicted octanol–water partition coefficient (Wildman–Crippen LogP) is 7.15. The highest BCUT2D eigenvalue weighted by atomic mass is 79.9. The van der Waals surface area contributed by atoms with Crippen LogP contribution in [0.4, 0.5) is 0 Å². The first-order valence-corrected chi connectivity index (χ1v) is 11.3. The number of furan rings is 1. The Morgan fingerprint density at radius 1 is 1.00 bits per heavy atom. The molecule has 0 unspecified atom stereocenters. The number of carbonyl (C=O) groups excluding carboxylic acids is 2. The van der Waals surface area contributed by atoms with Crippen LogP contribution in [0.5, 0.6) is 11.5 Å². The predicted molar refractivity (Wildman–Crippen MR) is 129 cm³/mol. The number of fused-ring (bicyclic) bond motifs is 2. The molecule has 0 fully saturated rings. The van der Waals surface area contributed by atoms with E-state index >= 15 is 0 Å². The number of esters is 1. The Kier molecular flexibility index (Phi) is 5.38. The minimum atomic E-state index is -0.632. The highest BCUT2D eigenvalue weighted by molar-refractivity contribution is 9.10. The number of hydrogen-bond donors (Lipinski definition) is 0. The molecular formula is C27H19BrO5. The molecule has 33 heavy (non-hydrogen) atoms. The summed E-state index contributed by atoms with van der Waals surface area (Å²) < 4.78 is 17.7. The fourth-order valence-electron chi connectivity index (χ4n) is 3.63. The smallest absolute Gasteiger partial charge is 0.379 e. The molecule has 6 heteroatoms. The zero-order chi connectivity index (χ0) is 23.1. The van der Waals surface area contributed by atoms with Crippen LogP contribution < -0.4 is 9.47 Å². The summed E-state index contributed by atoms with van der Waals surface area (Å²) in [7, 11) is 0. The van der Waals surface area contributed by atoms with Crippen LogP contribution in [0.1, 0.15) is 51.8 Å². The van der Waals surface area contributed by atoms with E-state index in [0.29, 0.717) is 22.8 Å². The lowest BCUT2D eigenvalue weighted by molar-refractivity contribution is 0.0703. The van der Waals surface area contributed by atoms with Crippen LogP contribution in [0.3, 0.4) is 0 Å². The molecule has 0 atom stereocenters. The number of ether oxygens (including phenoxy) is 2. The van der Waals surface area contributed by atoms with Crippen LogP contribution in [0.2, 0.25) is 0 Å². The fourth-order valence-corrected chi connectivity index (χ4v) is 4.01. The number of hydrogen-bond acceptors (Lipinski definition) is 5. The van der Waals surface area contributed by atoms with Gasteiger partial charge in [0.15, 0.2) is 5.76 Å². The van der Waals surface area contributed by atoms with Gasteiger partial charge in [0.05, 0.1) is 5.56 Å². The topological polar surface area (TPSA) is 65.7 Å². The molecule has 1 aromatic heterocycles. The molecule has 0 saturated heterocycles. The molecule has 3 aromatic carbocycles. The van der Waals surface area contributed by atoms with Gasteiger partial charge in [-0.05, 0) is 59.5 Å². The molecule has 0 bridgehead atoms. The van der Waals surface area contributed by atoms with Crippen molar-refractivity contribution in [3.05, 3.63) is 99.4 Å². The average Bonchev–Trinajstić information content (AvgIpc) is 3.35. The lowest BCUT2D eigenvalue weighted by atomic mass is 10.0. The van der Waals surface area contributed by atoms with Crippen LogP contribution in [0.25, 0.3) is 17.0 Å². The summed E-state index contributed by atoms with van der Waals surface area (Å²) in [4.78, 5) is 25.3. The Labute approximate surface area is 198 Å². The normalized spacial score (nSPS) is 14.1. The van der Waals surface area contributed by atoms with Crippen LogP contribution in [-0.4, -0.2) is 11.8 Å². The Bertz CT molecular complexity index is 1430. The largest absolute Gasteiger partial charge is 0.452 e. The maximum absolute atomic E-state index is 12.7. The number of rotatable bonds is 4. The summed E-state index contributed by atoms with van der Waals surface area (Å²) in [6.07, 6.45) is 1.71. The lowest BCUT2D eigenvalue weighted by Gasteiger charge is -2.05. The van der Waals surface area contributed by atoms with Crippen molar-refractivity contribution in [3.63, 3.8) is 0 Å². The van der Waals surface area contributed by atoms with E-state index in [0.717, 1.165) is 15.4 Å². The summed E-state index contributed by atoms with van der Waals surface area (Å²) in [5, 5.41) is 0.787. The van der Waals surface area contributed by atoms with Gasteiger partial charge >= 0.3 is 5.97 Å². The van der Waals surface area contributed by atoms with Crippen molar-refractivity contribution in [2.24, 2.45) is 0 Å². The van der Waals surface area contributed by atoms with Crippen molar-refractivity contribution in [1.29, 1.82) is 0 Å². The molecule has 1 aliphatic heterocycles. The number of halogens is 1. The molecule has 1 aliphatic rings. The maximum Gasteiger partial charge on any atom is 0.379 e. The van der Waals surface area contributed by atoms with E-state index < -0.39 is 5.97 Å². The minimum Gasteiger partial charge on any atom is -0.452 e. The number of carbonyl (C=O) groups is 2. The Morgan fingerprint density at radius 3 is 2.55 bits per heavy atom. The van der Waals surface area contributed by atoms with Crippen molar-refractivity contribution in [2.45, 2.75) is 19.8 Å². The quantitative estimate of drug-likeness (QED) is 0.168. The first-order chi connectivity index (χ1) is 15.9. The van der Waals surface area contributed by atoms with E-state index in [1.54, 1.807) is 30.3 Å². The summed E-state index contributed by atoms with van der Waals surface area (Å²) in [5.74, 6) is 0.522. The Balaban J connectivity index is 1.34. The van der Waals surface area contributed by atoms with Gasteiger partial charge in [-0.2, -0.15) is 0 Å². The minimum absolute atomic E-state index is 0.0889. The fraction of sp³-hybridized carbons (Fsp3) is 0.111. The molecule has 0 radical (unpaired) electrons.